The van der Waals surface area contributed by atoms with E-state index in [1.807, 2.05) is 30.3 Å². The van der Waals surface area contributed by atoms with E-state index in [0.29, 0.717) is 31.0 Å². The van der Waals surface area contributed by atoms with Gasteiger partial charge in [0.15, 0.2) is 0 Å². The Labute approximate surface area is 189 Å². The second-order valence-corrected chi connectivity index (χ2v) is 10.2. The summed E-state index contributed by atoms with van der Waals surface area (Å²) in [7, 11) is -3.82. The largest absolute Gasteiger partial charge is 0.407 e. The van der Waals surface area contributed by atoms with E-state index in [2.05, 4.69) is 15.5 Å². The second kappa shape index (κ2) is 9.80. The normalized spacial score (nSPS) is 17.2. The van der Waals surface area contributed by atoms with Crippen LogP contribution in [0.25, 0.3) is 0 Å². The number of nitrogens with zero attached hydrogens (tertiary/aromatic N) is 3. The van der Waals surface area contributed by atoms with E-state index in [-0.39, 0.29) is 23.4 Å². The summed E-state index contributed by atoms with van der Waals surface area (Å²) >= 11 is 1.53. The molecule has 1 aromatic heterocycles. The smallest absolute Gasteiger partial charge is 0.322 e. The molecule has 168 valence electrons. The van der Waals surface area contributed by atoms with E-state index in [4.69, 9.17) is 4.42 Å². The number of halogens is 1. The van der Waals surface area contributed by atoms with Crippen LogP contribution in [-0.4, -0.2) is 41.9 Å². The Morgan fingerprint density at radius 3 is 2.66 bits per heavy atom. The topological polar surface area (TPSA) is 105 Å². The molecule has 4 rings (SSSR count). The van der Waals surface area contributed by atoms with Gasteiger partial charge in [0.1, 0.15) is 5.82 Å². The van der Waals surface area contributed by atoms with Gasteiger partial charge in [-0.3, -0.25) is 10.1 Å². The van der Waals surface area contributed by atoms with Crippen molar-refractivity contribution < 1.29 is 22.0 Å². The first-order chi connectivity index (χ1) is 15.4. The number of nitrogens with one attached hydrogen (secondary N) is 1. The maximum absolute atomic E-state index is 13.1. The van der Waals surface area contributed by atoms with Crippen LogP contribution in [0, 0.1) is 11.7 Å². The van der Waals surface area contributed by atoms with Crippen molar-refractivity contribution in [3.63, 3.8) is 0 Å². The van der Waals surface area contributed by atoms with Crippen LogP contribution in [0.5, 0.6) is 0 Å². The van der Waals surface area contributed by atoms with E-state index in [1.54, 1.807) is 0 Å². The Bertz CT molecular complexity index is 1170. The summed E-state index contributed by atoms with van der Waals surface area (Å²) < 4.78 is 45.6. The number of amides is 1. The highest BCUT2D eigenvalue weighted by molar-refractivity contribution is 7.98. The summed E-state index contributed by atoms with van der Waals surface area (Å²) in [5.41, 5.74) is 0. The van der Waals surface area contributed by atoms with Crippen LogP contribution in [0.2, 0.25) is 0 Å². The predicted molar refractivity (Wildman–Crippen MR) is 117 cm³/mol. The minimum atomic E-state index is -3.82. The van der Waals surface area contributed by atoms with Crippen molar-refractivity contribution >= 4 is 33.7 Å². The zero-order valence-electron chi connectivity index (χ0n) is 17.0. The Balaban J connectivity index is 1.35. The van der Waals surface area contributed by atoms with Crippen LogP contribution < -0.4 is 5.32 Å². The lowest BCUT2D eigenvalue weighted by Gasteiger charge is -2.30. The van der Waals surface area contributed by atoms with Gasteiger partial charge in [-0.2, -0.15) is 4.31 Å². The van der Waals surface area contributed by atoms with Crippen molar-refractivity contribution in [1.29, 1.82) is 0 Å². The number of hydrogen-bond acceptors (Lipinski definition) is 7. The van der Waals surface area contributed by atoms with Crippen molar-refractivity contribution in [2.75, 3.05) is 18.4 Å². The summed E-state index contributed by atoms with van der Waals surface area (Å²) in [6, 6.07) is 14.4. The number of thioether (sulfide) groups is 1. The van der Waals surface area contributed by atoms with Gasteiger partial charge in [-0.1, -0.05) is 23.3 Å². The molecule has 1 fully saturated rings. The molecule has 11 heteroatoms. The predicted octanol–water partition coefficient (Wildman–Crippen LogP) is 3.54. The molecule has 32 heavy (non-hydrogen) atoms. The maximum atomic E-state index is 13.1. The average Bonchev–Trinajstić information content (AvgIpc) is 3.26. The molecule has 0 spiro atoms. The number of rotatable bonds is 7. The molecule has 0 aliphatic carbocycles. The number of anilines is 1. The molecule has 1 atom stereocenters. The van der Waals surface area contributed by atoms with Gasteiger partial charge in [0.05, 0.1) is 16.6 Å². The Morgan fingerprint density at radius 2 is 1.91 bits per heavy atom. The van der Waals surface area contributed by atoms with Crippen molar-refractivity contribution in [3.8, 4) is 0 Å². The molecular formula is C21H21FN4O4S2. The molecule has 1 unspecified atom stereocenters. The third-order valence-electron chi connectivity index (χ3n) is 5.01. The molecule has 2 aromatic carbocycles. The number of carbonyl (C=O) groups excluding carboxylic acids is 1. The first-order valence-corrected chi connectivity index (χ1v) is 12.4. The van der Waals surface area contributed by atoms with Gasteiger partial charge in [-0.15, -0.1) is 16.9 Å². The van der Waals surface area contributed by atoms with E-state index < -0.39 is 21.8 Å². The highest BCUT2D eigenvalue weighted by Gasteiger charge is 2.33. The van der Waals surface area contributed by atoms with Gasteiger partial charge >= 0.3 is 6.01 Å². The summed E-state index contributed by atoms with van der Waals surface area (Å²) in [5.74, 6) is -0.623. The van der Waals surface area contributed by atoms with Gasteiger partial charge in [0.25, 0.3) is 0 Å². The standard InChI is InChI=1S/C21H21FN4O4S2/c22-16-8-10-18(11-9-16)32(28,29)26-12-4-5-15(13-26)20(27)23-21-25-24-19(30-21)14-31-17-6-2-1-3-7-17/h1-3,6-11,15H,4-5,12-14H2,(H,23,25,27). The van der Waals surface area contributed by atoms with Crippen molar-refractivity contribution in [1.82, 2.24) is 14.5 Å². The lowest BCUT2D eigenvalue weighted by molar-refractivity contribution is -0.121. The molecular weight excluding hydrogens is 455 g/mol. The molecule has 0 bridgehead atoms. The van der Waals surface area contributed by atoms with Gasteiger partial charge in [-0.25, -0.2) is 12.8 Å². The third kappa shape index (κ3) is 5.34. The summed E-state index contributed by atoms with van der Waals surface area (Å²) in [6.45, 7) is 0.321. The Hall–Kier alpha value is -2.76. The van der Waals surface area contributed by atoms with Crippen molar-refractivity contribution in [3.05, 3.63) is 66.3 Å². The van der Waals surface area contributed by atoms with Gasteiger partial charge < -0.3 is 4.42 Å². The molecule has 1 aliphatic rings. The molecule has 1 N–H and O–H groups in total. The van der Waals surface area contributed by atoms with E-state index in [1.165, 1.54) is 28.2 Å². The first-order valence-electron chi connectivity index (χ1n) is 9.98. The molecule has 0 saturated carbocycles. The minimum absolute atomic E-state index is 0.00239. The Morgan fingerprint density at radius 1 is 1.16 bits per heavy atom. The van der Waals surface area contributed by atoms with Crippen LogP contribution in [0.1, 0.15) is 18.7 Å². The number of hydrogen-bond donors (Lipinski definition) is 1. The molecule has 2 heterocycles. The zero-order chi connectivity index (χ0) is 22.6. The number of aromatic nitrogens is 2. The third-order valence-corrected chi connectivity index (χ3v) is 7.88. The van der Waals surface area contributed by atoms with Crippen LogP contribution in [-0.2, 0) is 20.6 Å². The SMILES string of the molecule is O=C(Nc1nnc(CSc2ccccc2)o1)C1CCCN(S(=O)(=O)c2ccc(F)cc2)C1. The van der Waals surface area contributed by atoms with Crippen LogP contribution in [0.4, 0.5) is 10.4 Å². The lowest BCUT2D eigenvalue weighted by atomic mass is 9.99. The first kappa shape index (κ1) is 22.4. The number of sulfonamides is 1. The quantitative estimate of drug-likeness (QED) is 0.520. The fourth-order valence-electron chi connectivity index (χ4n) is 3.36. The summed E-state index contributed by atoms with van der Waals surface area (Å²) in [4.78, 5) is 13.7. The highest BCUT2D eigenvalue weighted by atomic mass is 32.2. The maximum Gasteiger partial charge on any atom is 0.322 e. The van der Waals surface area contributed by atoms with Crippen LogP contribution in [0.15, 0.2) is 68.8 Å². The number of benzene rings is 2. The molecule has 1 amide bonds. The van der Waals surface area contributed by atoms with E-state index in [0.717, 1.165) is 17.0 Å². The van der Waals surface area contributed by atoms with Gasteiger partial charge in [0.2, 0.25) is 21.8 Å². The molecule has 1 aliphatic heterocycles. The van der Waals surface area contributed by atoms with Gasteiger partial charge in [-0.05, 0) is 49.2 Å². The van der Waals surface area contributed by atoms with Crippen LogP contribution in [0.3, 0.4) is 0 Å². The minimum Gasteiger partial charge on any atom is -0.407 e. The molecule has 1 saturated heterocycles. The summed E-state index contributed by atoms with van der Waals surface area (Å²) in [5, 5.41) is 10.4. The number of piperidine rings is 1. The monoisotopic (exact) mass is 476 g/mol. The average molecular weight is 477 g/mol. The molecule has 8 nitrogen and oxygen atoms in total. The van der Waals surface area contributed by atoms with Gasteiger partial charge in [0, 0.05) is 18.0 Å². The lowest BCUT2D eigenvalue weighted by Crippen LogP contribution is -2.43. The van der Waals surface area contributed by atoms with E-state index in [9.17, 15) is 17.6 Å². The second-order valence-electron chi connectivity index (χ2n) is 7.25. The summed E-state index contributed by atoms with van der Waals surface area (Å²) in [6.07, 6.45) is 1.06. The van der Waals surface area contributed by atoms with Crippen molar-refractivity contribution in [2.24, 2.45) is 5.92 Å². The molecule has 3 aromatic rings. The fraction of sp³-hybridized carbons (Fsp3) is 0.286. The highest BCUT2D eigenvalue weighted by Crippen LogP contribution is 2.26. The van der Waals surface area contributed by atoms with Crippen LogP contribution >= 0.6 is 11.8 Å². The van der Waals surface area contributed by atoms with Crippen molar-refractivity contribution in [2.45, 2.75) is 28.4 Å². The zero-order valence-corrected chi connectivity index (χ0v) is 18.6. The molecule has 0 radical (unpaired) electrons. The fourth-order valence-corrected chi connectivity index (χ4v) is 5.64. The number of carbonyl (C=O) groups is 1. The van der Waals surface area contributed by atoms with E-state index >= 15 is 0 Å². The Kier molecular flexibility index (Phi) is 6.87.